The lowest BCUT2D eigenvalue weighted by molar-refractivity contribution is -0.00620. The Labute approximate surface area is 124 Å². The zero-order chi connectivity index (χ0) is 12.6. The normalized spacial score (nSPS) is 28.5. The fraction of sp³-hybridized carbons (Fsp3) is 0.556. The zero-order valence-electron chi connectivity index (χ0n) is 8.60. The Morgan fingerprint density at radius 3 is 2.88 bits per heavy atom. The molecule has 94 valence electrons. The van der Waals surface area contributed by atoms with E-state index in [4.69, 9.17) is 4.74 Å². The van der Waals surface area contributed by atoms with Gasteiger partial charge in [-0.25, -0.2) is 4.79 Å². The van der Waals surface area contributed by atoms with Crippen molar-refractivity contribution in [3.63, 3.8) is 0 Å². The predicted molar refractivity (Wildman–Crippen MR) is 77.5 cm³/mol. The molecule has 1 aliphatic rings. The Bertz CT molecular complexity index is 526. The molecule has 0 spiro atoms. The third-order valence-corrected chi connectivity index (χ3v) is 4.23. The van der Waals surface area contributed by atoms with E-state index in [-0.39, 0.29) is 6.10 Å². The van der Waals surface area contributed by atoms with E-state index in [9.17, 15) is 14.7 Å². The highest BCUT2D eigenvalue weighted by Gasteiger charge is 2.34. The average Bonchev–Trinajstić information content (AvgIpc) is 2.65. The second-order valence-electron chi connectivity index (χ2n) is 3.73. The topological polar surface area (TPSA) is 84.3 Å². The van der Waals surface area contributed by atoms with E-state index in [1.54, 1.807) is 0 Å². The van der Waals surface area contributed by atoms with Gasteiger partial charge in [-0.3, -0.25) is 14.3 Å². The van der Waals surface area contributed by atoms with Crippen LogP contribution in [0, 0.1) is 3.57 Å². The maximum absolute atomic E-state index is 11.6. The van der Waals surface area contributed by atoms with Crippen LogP contribution in [0.1, 0.15) is 12.6 Å². The monoisotopic (exact) mass is 464 g/mol. The molecule has 6 nitrogen and oxygen atoms in total. The first-order valence-electron chi connectivity index (χ1n) is 4.93. The number of alkyl halides is 1. The number of rotatable bonds is 2. The number of aliphatic hydroxyl groups excluding tert-OH is 1. The van der Waals surface area contributed by atoms with Gasteiger partial charge in [-0.15, -0.1) is 0 Å². The number of aliphatic hydroxyl groups is 1. The van der Waals surface area contributed by atoms with Crippen LogP contribution in [0.2, 0.25) is 0 Å². The largest absolute Gasteiger partial charge is 0.390 e. The summed E-state index contributed by atoms with van der Waals surface area (Å²) in [5, 5.41) is 9.72. The summed E-state index contributed by atoms with van der Waals surface area (Å²) in [5.74, 6) is 0. The summed E-state index contributed by atoms with van der Waals surface area (Å²) >= 11 is 3.97. The Morgan fingerprint density at radius 1 is 1.59 bits per heavy atom. The molecule has 3 atom stereocenters. The molecule has 8 heteroatoms. The smallest absolute Gasteiger partial charge is 0.330 e. The molecule has 1 aromatic rings. The van der Waals surface area contributed by atoms with Crippen LogP contribution in [0.4, 0.5) is 0 Å². The molecular formula is C9H10I2N2O4. The number of halogens is 2. The van der Waals surface area contributed by atoms with Gasteiger partial charge in [-0.2, -0.15) is 0 Å². The maximum Gasteiger partial charge on any atom is 0.330 e. The lowest BCUT2D eigenvalue weighted by Gasteiger charge is -2.14. The fourth-order valence-electron chi connectivity index (χ4n) is 1.70. The van der Waals surface area contributed by atoms with Crippen molar-refractivity contribution in [1.29, 1.82) is 0 Å². The number of nitrogens with one attached hydrogen (secondary N) is 1. The summed E-state index contributed by atoms with van der Waals surface area (Å²) in [5.41, 5.74) is -0.919. The van der Waals surface area contributed by atoms with Crippen molar-refractivity contribution >= 4 is 45.2 Å². The van der Waals surface area contributed by atoms with Gasteiger partial charge in [0, 0.05) is 17.0 Å². The van der Waals surface area contributed by atoms with E-state index in [0.717, 1.165) is 0 Å². The van der Waals surface area contributed by atoms with Crippen molar-refractivity contribution in [2.75, 3.05) is 4.43 Å². The van der Waals surface area contributed by atoms with E-state index in [0.29, 0.717) is 14.4 Å². The van der Waals surface area contributed by atoms with Crippen molar-refractivity contribution in [2.24, 2.45) is 0 Å². The van der Waals surface area contributed by atoms with Crippen LogP contribution in [0.15, 0.2) is 15.8 Å². The molecule has 1 aromatic heterocycles. The SMILES string of the molecule is O=c1[nH]c(=O)n([C@H]2C[C@H](O)[C@@H](CI)O2)cc1I. The average molecular weight is 464 g/mol. The number of ether oxygens (including phenoxy) is 1. The minimum Gasteiger partial charge on any atom is -0.390 e. The first-order valence-corrected chi connectivity index (χ1v) is 7.54. The highest BCUT2D eigenvalue weighted by molar-refractivity contribution is 14.1. The second-order valence-corrected chi connectivity index (χ2v) is 5.77. The molecule has 1 saturated heterocycles. The van der Waals surface area contributed by atoms with Crippen LogP contribution < -0.4 is 11.2 Å². The molecular weight excluding hydrogens is 454 g/mol. The number of hydrogen-bond donors (Lipinski definition) is 2. The lowest BCUT2D eigenvalue weighted by atomic mass is 10.2. The van der Waals surface area contributed by atoms with E-state index >= 15 is 0 Å². The molecule has 2 heterocycles. The molecule has 2 N–H and O–H groups in total. The van der Waals surface area contributed by atoms with Crippen LogP contribution in [-0.2, 0) is 4.74 Å². The third-order valence-electron chi connectivity index (χ3n) is 2.59. The number of nitrogens with zero attached hydrogens (tertiary/aromatic N) is 1. The summed E-state index contributed by atoms with van der Waals surface area (Å²) in [4.78, 5) is 25.1. The Balaban J connectivity index is 2.34. The fourth-order valence-corrected chi connectivity index (χ4v) is 2.93. The third kappa shape index (κ3) is 2.74. The van der Waals surface area contributed by atoms with Gasteiger partial charge < -0.3 is 9.84 Å². The van der Waals surface area contributed by atoms with Crippen molar-refractivity contribution in [2.45, 2.75) is 24.9 Å². The molecule has 1 aliphatic heterocycles. The maximum atomic E-state index is 11.6. The van der Waals surface area contributed by atoms with Gasteiger partial charge in [0.1, 0.15) is 6.23 Å². The minimum absolute atomic E-state index is 0.267. The number of aromatic nitrogens is 2. The number of hydrogen-bond acceptors (Lipinski definition) is 4. The predicted octanol–water partition coefficient (Wildman–Crippen LogP) is 0.225. The van der Waals surface area contributed by atoms with Gasteiger partial charge in [-0.1, -0.05) is 22.6 Å². The van der Waals surface area contributed by atoms with Gasteiger partial charge in [-0.05, 0) is 22.6 Å². The summed E-state index contributed by atoms with van der Waals surface area (Å²) in [6.45, 7) is 0. The van der Waals surface area contributed by atoms with Gasteiger partial charge >= 0.3 is 5.69 Å². The second kappa shape index (κ2) is 5.36. The van der Waals surface area contributed by atoms with Gasteiger partial charge in [0.2, 0.25) is 0 Å². The van der Waals surface area contributed by atoms with Crippen LogP contribution in [0.3, 0.4) is 0 Å². The van der Waals surface area contributed by atoms with Crippen molar-refractivity contribution in [1.82, 2.24) is 9.55 Å². The number of H-pyrrole nitrogens is 1. The van der Waals surface area contributed by atoms with Crippen LogP contribution in [-0.4, -0.2) is 31.3 Å². The molecule has 0 amide bonds. The van der Waals surface area contributed by atoms with Crippen molar-refractivity contribution < 1.29 is 9.84 Å². The van der Waals surface area contributed by atoms with Crippen molar-refractivity contribution in [3.05, 3.63) is 30.6 Å². The summed E-state index contributed by atoms with van der Waals surface area (Å²) < 4.78 is 7.96. The van der Waals surface area contributed by atoms with E-state index in [1.807, 2.05) is 22.6 Å². The zero-order valence-corrected chi connectivity index (χ0v) is 12.9. The van der Waals surface area contributed by atoms with Gasteiger partial charge in [0.05, 0.1) is 15.8 Å². The molecule has 0 unspecified atom stereocenters. The summed E-state index contributed by atoms with van der Waals surface area (Å²) in [6.07, 6.45) is 0.456. The van der Waals surface area contributed by atoms with E-state index < -0.39 is 23.6 Å². The molecule has 0 radical (unpaired) electrons. The Morgan fingerprint density at radius 2 is 2.29 bits per heavy atom. The summed E-state index contributed by atoms with van der Waals surface area (Å²) in [7, 11) is 0. The molecule has 0 bridgehead atoms. The van der Waals surface area contributed by atoms with Crippen LogP contribution in [0.5, 0.6) is 0 Å². The molecule has 2 rings (SSSR count). The standard InChI is InChI=1S/C9H10I2N2O4/c10-2-6-5(14)1-7(17-6)13-3-4(11)8(15)12-9(13)16/h3,5-7,14H,1-2H2,(H,12,15,16)/t5-,6+,7+/m0/s1. The van der Waals surface area contributed by atoms with Crippen LogP contribution in [0.25, 0.3) is 0 Å². The Kier molecular flexibility index (Phi) is 4.26. The van der Waals surface area contributed by atoms with Crippen LogP contribution >= 0.6 is 45.2 Å². The summed E-state index contributed by atoms with van der Waals surface area (Å²) in [6, 6.07) is 0. The highest BCUT2D eigenvalue weighted by atomic mass is 127. The Hall–Kier alpha value is 0.0600. The lowest BCUT2D eigenvalue weighted by Crippen LogP contribution is -2.33. The molecule has 0 saturated carbocycles. The number of aromatic amines is 1. The highest BCUT2D eigenvalue weighted by Crippen LogP contribution is 2.28. The first kappa shape index (κ1) is 13.5. The van der Waals surface area contributed by atoms with Gasteiger partial charge in [0.25, 0.3) is 5.56 Å². The molecule has 0 aliphatic carbocycles. The first-order chi connectivity index (χ1) is 8.02. The molecule has 1 fully saturated rings. The van der Waals surface area contributed by atoms with E-state index in [2.05, 4.69) is 27.6 Å². The van der Waals surface area contributed by atoms with E-state index in [1.165, 1.54) is 10.8 Å². The molecule has 17 heavy (non-hydrogen) atoms. The quantitative estimate of drug-likeness (QED) is 0.485. The van der Waals surface area contributed by atoms with Gasteiger partial charge in [0.15, 0.2) is 0 Å². The molecule has 0 aromatic carbocycles. The minimum atomic E-state index is -0.576. The van der Waals surface area contributed by atoms with Crippen molar-refractivity contribution in [3.8, 4) is 0 Å².